The van der Waals surface area contributed by atoms with Crippen LogP contribution < -0.4 is 10.6 Å². The molecule has 0 saturated carbocycles. The molecule has 7 nitrogen and oxygen atoms in total. The molecular weight excluding hydrogens is 349 g/mol. The number of halogens is 1. The lowest BCUT2D eigenvalue weighted by Crippen LogP contribution is -2.35. The number of nitrogens with zero attached hydrogens (tertiary/aromatic N) is 3. The normalized spacial score (nSPS) is 15.7. The first-order valence-electron chi connectivity index (χ1n) is 8.42. The highest BCUT2D eigenvalue weighted by molar-refractivity contribution is 6.01. The van der Waals surface area contributed by atoms with Crippen molar-refractivity contribution in [3.8, 4) is 5.69 Å². The smallest absolute Gasteiger partial charge is 0.228 e. The molecule has 2 amide bonds. The van der Waals surface area contributed by atoms with Crippen LogP contribution in [0.1, 0.15) is 23.5 Å². The van der Waals surface area contributed by atoms with E-state index < -0.39 is 11.7 Å². The monoisotopic (exact) mass is 365 g/mol. The van der Waals surface area contributed by atoms with E-state index >= 15 is 0 Å². The molecule has 2 N–H and O–H groups in total. The summed E-state index contributed by atoms with van der Waals surface area (Å²) in [6, 6.07) is 11.5. The lowest BCUT2D eigenvalue weighted by Gasteiger charge is -2.25. The van der Waals surface area contributed by atoms with E-state index in [9.17, 15) is 14.0 Å². The minimum atomic E-state index is -0.733. The number of carbonyl (C=O) groups excluding carboxylic acids is 2. The van der Waals surface area contributed by atoms with E-state index in [1.54, 1.807) is 11.0 Å². The minimum absolute atomic E-state index is 0.0208. The van der Waals surface area contributed by atoms with Crippen molar-refractivity contribution in [1.29, 1.82) is 0 Å². The molecule has 27 heavy (non-hydrogen) atoms. The summed E-state index contributed by atoms with van der Waals surface area (Å²) in [5, 5.41) is 9.63. The lowest BCUT2D eigenvalue weighted by atomic mass is 9.89. The molecule has 1 aromatic heterocycles. The number of rotatable bonds is 4. The summed E-state index contributed by atoms with van der Waals surface area (Å²) >= 11 is 0. The Hall–Kier alpha value is -3.55. The lowest BCUT2D eigenvalue weighted by molar-refractivity contribution is -0.126. The average molecular weight is 365 g/mol. The van der Waals surface area contributed by atoms with Crippen molar-refractivity contribution in [3.63, 3.8) is 0 Å². The van der Waals surface area contributed by atoms with E-state index in [2.05, 4.69) is 20.7 Å². The van der Waals surface area contributed by atoms with Crippen LogP contribution in [0.15, 0.2) is 55.1 Å². The van der Waals surface area contributed by atoms with Crippen molar-refractivity contribution in [2.75, 3.05) is 5.32 Å². The van der Waals surface area contributed by atoms with Gasteiger partial charge in [-0.2, -0.15) is 5.10 Å². The molecule has 1 aliphatic rings. The zero-order valence-electron chi connectivity index (χ0n) is 14.2. The number of amides is 2. The maximum Gasteiger partial charge on any atom is 0.228 e. The van der Waals surface area contributed by atoms with Crippen LogP contribution in [-0.2, 0) is 16.1 Å². The van der Waals surface area contributed by atoms with Crippen molar-refractivity contribution >= 4 is 17.5 Å². The summed E-state index contributed by atoms with van der Waals surface area (Å²) in [7, 11) is 0. The second-order valence-electron chi connectivity index (χ2n) is 6.22. The van der Waals surface area contributed by atoms with Crippen LogP contribution in [0.5, 0.6) is 0 Å². The second-order valence-corrected chi connectivity index (χ2v) is 6.22. The molecule has 0 fully saturated rings. The minimum Gasteiger partial charge on any atom is -0.351 e. The molecule has 2 heterocycles. The van der Waals surface area contributed by atoms with Gasteiger partial charge in [-0.3, -0.25) is 9.59 Å². The molecule has 3 aromatic rings. The predicted molar refractivity (Wildman–Crippen MR) is 95.6 cm³/mol. The largest absolute Gasteiger partial charge is 0.351 e. The standard InChI is InChI=1S/C19H16FN5O2/c20-13-5-6-16-14(7-13)15(8-18(26)24-16)19(27)22-9-12-3-1-2-4-17(12)25-11-21-10-23-25/h1-7,10-11,15H,8-9H2,(H,22,27)(H,24,26)/t15-/m0/s1. The molecule has 2 aromatic carbocycles. The molecule has 0 saturated heterocycles. The van der Waals surface area contributed by atoms with E-state index in [-0.39, 0.29) is 24.8 Å². The fraction of sp³-hybridized carbons (Fsp3) is 0.158. The first-order chi connectivity index (χ1) is 13.1. The van der Waals surface area contributed by atoms with E-state index in [1.807, 2.05) is 24.3 Å². The van der Waals surface area contributed by atoms with Gasteiger partial charge in [-0.05, 0) is 35.4 Å². The Morgan fingerprint density at radius 2 is 2.15 bits per heavy atom. The maximum absolute atomic E-state index is 13.6. The van der Waals surface area contributed by atoms with Crippen LogP contribution in [-0.4, -0.2) is 26.6 Å². The van der Waals surface area contributed by atoms with Gasteiger partial charge in [0.1, 0.15) is 18.5 Å². The van der Waals surface area contributed by atoms with E-state index in [0.717, 1.165) is 11.3 Å². The number of fused-ring (bicyclic) bond motifs is 1. The van der Waals surface area contributed by atoms with Gasteiger partial charge in [-0.1, -0.05) is 18.2 Å². The molecule has 0 bridgehead atoms. The summed E-state index contributed by atoms with van der Waals surface area (Å²) in [5.74, 6) is -1.77. The zero-order chi connectivity index (χ0) is 18.8. The molecule has 0 aliphatic carbocycles. The Morgan fingerprint density at radius 1 is 1.30 bits per heavy atom. The van der Waals surface area contributed by atoms with Gasteiger partial charge in [0.25, 0.3) is 0 Å². The first kappa shape index (κ1) is 16.9. The second kappa shape index (κ2) is 6.99. The van der Waals surface area contributed by atoms with Gasteiger partial charge >= 0.3 is 0 Å². The van der Waals surface area contributed by atoms with Gasteiger partial charge in [0.2, 0.25) is 11.8 Å². The zero-order valence-corrected chi connectivity index (χ0v) is 14.2. The fourth-order valence-corrected chi connectivity index (χ4v) is 3.19. The molecule has 0 spiro atoms. The van der Waals surface area contributed by atoms with Crippen molar-refractivity contribution in [2.45, 2.75) is 18.9 Å². The molecule has 1 aliphatic heterocycles. The quantitative estimate of drug-likeness (QED) is 0.741. The molecule has 0 unspecified atom stereocenters. The Bertz CT molecular complexity index is 1000. The van der Waals surface area contributed by atoms with Crippen LogP contribution in [0.2, 0.25) is 0 Å². The molecule has 1 atom stereocenters. The first-order valence-corrected chi connectivity index (χ1v) is 8.42. The summed E-state index contributed by atoms with van der Waals surface area (Å²) < 4.78 is 15.2. The van der Waals surface area contributed by atoms with Gasteiger partial charge < -0.3 is 10.6 Å². The Balaban J connectivity index is 1.55. The van der Waals surface area contributed by atoms with Crippen LogP contribution >= 0.6 is 0 Å². The van der Waals surface area contributed by atoms with Gasteiger partial charge in [-0.15, -0.1) is 0 Å². The molecule has 8 heteroatoms. The highest BCUT2D eigenvalue weighted by Gasteiger charge is 2.31. The third-order valence-corrected chi connectivity index (χ3v) is 4.48. The van der Waals surface area contributed by atoms with Crippen LogP contribution in [0.25, 0.3) is 5.69 Å². The van der Waals surface area contributed by atoms with Gasteiger partial charge in [0.15, 0.2) is 0 Å². The summed E-state index contributed by atoms with van der Waals surface area (Å²) in [6.07, 6.45) is 2.99. The fourth-order valence-electron chi connectivity index (χ4n) is 3.19. The predicted octanol–water partition coefficient (Wildman–Crippen LogP) is 2.15. The van der Waals surface area contributed by atoms with Crippen LogP contribution in [0.4, 0.5) is 10.1 Å². The van der Waals surface area contributed by atoms with Crippen molar-refractivity contribution < 1.29 is 14.0 Å². The Kier molecular flexibility index (Phi) is 4.37. The molecular formula is C19H16FN5O2. The number of hydrogen-bond donors (Lipinski definition) is 2. The third kappa shape index (κ3) is 3.41. The number of para-hydroxylation sites is 1. The van der Waals surface area contributed by atoms with Gasteiger partial charge in [0, 0.05) is 18.7 Å². The highest BCUT2D eigenvalue weighted by Crippen LogP contribution is 2.33. The van der Waals surface area contributed by atoms with Crippen LogP contribution in [0, 0.1) is 5.82 Å². The molecule has 136 valence electrons. The maximum atomic E-state index is 13.6. The van der Waals surface area contributed by atoms with Gasteiger partial charge in [-0.25, -0.2) is 14.1 Å². The number of anilines is 1. The Labute approximate surface area is 154 Å². The average Bonchev–Trinajstić information content (AvgIpc) is 3.20. The van der Waals surface area contributed by atoms with E-state index in [4.69, 9.17) is 0 Å². The number of benzene rings is 2. The Morgan fingerprint density at radius 3 is 2.96 bits per heavy atom. The SMILES string of the molecule is O=C1C[C@H](C(=O)NCc2ccccc2-n2cncn2)c2cc(F)ccc2N1. The van der Waals surface area contributed by atoms with Gasteiger partial charge in [0.05, 0.1) is 11.6 Å². The number of carbonyl (C=O) groups is 2. The van der Waals surface area contributed by atoms with Crippen molar-refractivity contribution in [1.82, 2.24) is 20.1 Å². The summed E-state index contributed by atoms with van der Waals surface area (Å²) in [4.78, 5) is 28.6. The van der Waals surface area contributed by atoms with Crippen molar-refractivity contribution in [2.24, 2.45) is 0 Å². The third-order valence-electron chi connectivity index (χ3n) is 4.48. The topological polar surface area (TPSA) is 88.9 Å². The van der Waals surface area contributed by atoms with Crippen molar-refractivity contribution in [3.05, 3.63) is 72.1 Å². The van der Waals surface area contributed by atoms with Crippen LogP contribution in [0.3, 0.4) is 0 Å². The number of aromatic nitrogens is 3. The highest BCUT2D eigenvalue weighted by atomic mass is 19.1. The number of nitrogens with one attached hydrogen (secondary N) is 2. The summed E-state index contributed by atoms with van der Waals surface area (Å²) in [5.41, 5.74) is 2.59. The van der Waals surface area contributed by atoms with E-state index in [1.165, 1.54) is 24.5 Å². The molecule has 4 rings (SSSR count). The summed E-state index contributed by atoms with van der Waals surface area (Å²) in [6.45, 7) is 0.248. The molecule has 0 radical (unpaired) electrons. The number of hydrogen-bond acceptors (Lipinski definition) is 4. The van der Waals surface area contributed by atoms with E-state index in [0.29, 0.717) is 11.3 Å².